The number of aromatic nitrogens is 3. The number of methoxy groups -OCH3 is 2. The molecule has 0 bridgehead atoms. The van der Waals surface area contributed by atoms with E-state index in [2.05, 4.69) is 20.3 Å². The minimum Gasteiger partial charge on any atom is -0.467 e. The van der Waals surface area contributed by atoms with Crippen LogP contribution in [0.15, 0.2) is 0 Å². The quantitative estimate of drug-likeness (QED) is 0.635. The van der Waals surface area contributed by atoms with E-state index in [1.807, 2.05) is 0 Å². The van der Waals surface area contributed by atoms with Crippen LogP contribution in [0.25, 0.3) is 0 Å². The number of nitrogens with one attached hydrogen (secondary N) is 1. The molecule has 7 heteroatoms. The number of hydrogen-bond acceptors (Lipinski definition) is 7. The van der Waals surface area contributed by atoms with Gasteiger partial charge in [0.15, 0.2) is 0 Å². The van der Waals surface area contributed by atoms with Crippen LogP contribution in [0.5, 0.6) is 12.0 Å². The van der Waals surface area contributed by atoms with Crippen molar-refractivity contribution in [2.75, 3.05) is 32.6 Å². The van der Waals surface area contributed by atoms with Crippen LogP contribution in [0.1, 0.15) is 12.8 Å². The smallest absolute Gasteiger partial charge is 0.324 e. The summed E-state index contributed by atoms with van der Waals surface area (Å²) in [6.07, 6.45) is 1.93. The molecule has 1 heterocycles. The first-order valence-electron chi connectivity index (χ1n) is 5.08. The Labute approximate surface area is 94.4 Å². The molecule has 16 heavy (non-hydrogen) atoms. The molecule has 90 valence electrons. The molecule has 0 saturated heterocycles. The highest BCUT2D eigenvalue weighted by Gasteiger charge is 2.05. The topological polar surface area (TPSA) is 95.2 Å². The summed E-state index contributed by atoms with van der Waals surface area (Å²) in [6, 6.07) is 0.460. The Bertz CT molecular complexity index is 299. The Morgan fingerprint density at radius 3 is 2.19 bits per heavy atom. The van der Waals surface area contributed by atoms with Crippen LogP contribution in [0.4, 0.5) is 5.95 Å². The largest absolute Gasteiger partial charge is 0.467 e. The predicted molar refractivity (Wildman–Crippen MR) is 59.7 cm³/mol. The second kappa shape index (κ2) is 6.78. The molecular weight excluding hydrogens is 210 g/mol. The van der Waals surface area contributed by atoms with Gasteiger partial charge in [-0.2, -0.15) is 9.97 Å². The van der Waals surface area contributed by atoms with E-state index in [9.17, 15) is 0 Å². The summed E-state index contributed by atoms with van der Waals surface area (Å²) >= 11 is 0. The summed E-state index contributed by atoms with van der Waals surface area (Å²) in [4.78, 5) is 11.9. The number of nitrogens with zero attached hydrogens (tertiary/aromatic N) is 3. The molecule has 1 aromatic heterocycles. The molecule has 1 rings (SSSR count). The maximum Gasteiger partial charge on any atom is 0.324 e. The highest BCUT2D eigenvalue weighted by atomic mass is 16.5. The van der Waals surface area contributed by atoms with E-state index in [0.29, 0.717) is 12.5 Å². The number of rotatable bonds is 7. The molecule has 0 unspecified atom stereocenters. The zero-order valence-corrected chi connectivity index (χ0v) is 9.56. The fourth-order valence-electron chi connectivity index (χ4n) is 1.07. The summed E-state index contributed by atoms with van der Waals surface area (Å²) in [5.41, 5.74) is 5.39. The third-order valence-corrected chi connectivity index (χ3v) is 1.87. The van der Waals surface area contributed by atoms with E-state index in [1.54, 1.807) is 0 Å². The van der Waals surface area contributed by atoms with Gasteiger partial charge in [0, 0.05) is 6.54 Å². The summed E-state index contributed by atoms with van der Waals surface area (Å²) in [7, 11) is 2.99. The molecule has 1 aromatic rings. The highest BCUT2D eigenvalue weighted by Crippen LogP contribution is 2.11. The molecule has 0 aliphatic heterocycles. The monoisotopic (exact) mass is 227 g/mol. The molecule has 0 fully saturated rings. The normalized spacial score (nSPS) is 9.94. The van der Waals surface area contributed by atoms with Gasteiger partial charge in [-0.25, -0.2) is 0 Å². The van der Waals surface area contributed by atoms with Crippen molar-refractivity contribution >= 4 is 5.95 Å². The zero-order chi connectivity index (χ0) is 11.8. The standard InChI is InChI=1S/C9H17N5O2/c1-15-8-12-7(11-6-4-3-5-10)13-9(14-8)16-2/h3-6,10H2,1-2H3,(H,11,12,13,14). The third-order valence-electron chi connectivity index (χ3n) is 1.87. The highest BCUT2D eigenvalue weighted by molar-refractivity contribution is 5.27. The van der Waals surface area contributed by atoms with Crippen molar-refractivity contribution in [2.45, 2.75) is 12.8 Å². The molecule has 0 aliphatic rings. The molecule has 0 amide bonds. The van der Waals surface area contributed by atoms with Crippen LogP contribution >= 0.6 is 0 Å². The van der Waals surface area contributed by atoms with Gasteiger partial charge in [-0.15, -0.1) is 4.98 Å². The van der Waals surface area contributed by atoms with Crippen molar-refractivity contribution in [3.05, 3.63) is 0 Å². The van der Waals surface area contributed by atoms with Gasteiger partial charge in [0.2, 0.25) is 5.95 Å². The van der Waals surface area contributed by atoms with Gasteiger partial charge in [-0.1, -0.05) is 0 Å². The number of ether oxygens (including phenoxy) is 2. The van der Waals surface area contributed by atoms with Crippen LogP contribution in [-0.4, -0.2) is 42.3 Å². The maximum atomic E-state index is 5.39. The minimum absolute atomic E-state index is 0.230. The number of nitrogens with two attached hydrogens (primary N) is 1. The van der Waals surface area contributed by atoms with Gasteiger partial charge >= 0.3 is 12.0 Å². The van der Waals surface area contributed by atoms with Crippen molar-refractivity contribution in [3.8, 4) is 12.0 Å². The van der Waals surface area contributed by atoms with Gasteiger partial charge in [-0.05, 0) is 19.4 Å². The lowest BCUT2D eigenvalue weighted by Crippen LogP contribution is -2.10. The molecule has 7 nitrogen and oxygen atoms in total. The van der Waals surface area contributed by atoms with Crippen LogP contribution in [0.2, 0.25) is 0 Å². The van der Waals surface area contributed by atoms with E-state index in [1.165, 1.54) is 14.2 Å². The van der Waals surface area contributed by atoms with E-state index in [-0.39, 0.29) is 12.0 Å². The van der Waals surface area contributed by atoms with E-state index < -0.39 is 0 Å². The fraction of sp³-hybridized carbons (Fsp3) is 0.667. The Hall–Kier alpha value is -1.63. The van der Waals surface area contributed by atoms with Gasteiger partial charge in [0.05, 0.1) is 14.2 Å². The lowest BCUT2D eigenvalue weighted by molar-refractivity contribution is 0.341. The Kier molecular flexibility index (Phi) is 5.27. The van der Waals surface area contributed by atoms with Crippen LogP contribution in [-0.2, 0) is 0 Å². The van der Waals surface area contributed by atoms with Gasteiger partial charge < -0.3 is 20.5 Å². The summed E-state index contributed by atoms with van der Waals surface area (Å²) in [6.45, 7) is 1.44. The van der Waals surface area contributed by atoms with Crippen molar-refractivity contribution in [1.82, 2.24) is 15.0 Å². The fourth-order valence-corrected chi connectivity index (χ4v) is 1.07. The van der Waals surface area contributed by atoms with Crippen molar-refractivity contribution in [3.63, 3.8) is 0 Å². The van der Waals surface area contributed by atoms with Crippen LogP contribution in [0, 0.1) is 0 Å². The molecular formula is C9H17N5O2. The lowest BCUT2D eigenvalue weighted by atomic mass is 10.3. The summed E-state index contributed by atoms with van der Waals surface area (Å²) < 4.78 is 9.85. The Balaban J connectivity index is 2.57. The van der Waals surface area contributed by atoms with Crippen molar-refractivity contribution < 1.29 is 9.47 Å². The summed E-state index contributed by atoms with van der Waals surface area (Å²) in [5.74, 6) is 0.445. The molecule has 0 atom stereocenters. The maximum absolute atomic E-state index is 5.39. The van der Waals surface area contributed by atoms with E-state index in [4.69, 9.17) is 15.2 Å². The SMILES string of the molecule is COc1nc(NCCCCN)nc(OC)n1. The Morgan fingerprint density at radius 2 is 1.69 bits per heavy atom. The average Bonchev–Trinajstić information content (AvgIpc) is 2.34. The average molecular weight is 227 g/mol. The van der Waals surface area contributed by atoms with Crippen LogP contribution in [0.3, 0.4) is 0 Å². The van der Waals surface area contributed by atoms with Gasteiger partial charge in [0.1, 0.15) is 0 Å². The molecule has 0 aromatic carbocycles. The second-order valence-corrected chi connectivity index (χ2v) is 3.05. The van der Waals surface area contributed by atoms with Crippen LogP contribution < -0.4 is 20.5 Å². The van der Waals surface area contributed by atoms with Gasteiger partial charge in [-0.3, -0.25) is 0 Å². The number of anilines is 1. The zero-order valence-electron chi connectivity index (χ0n) is 9.56. The first-order valence-corrected chi connectivity index (χ1v) is 5.08. The molecule has 0 spiro atoms. The number of hydrogen-bond donors (Lipinski definition) is 2. The Morgan fingerprint density at radius 1 is 1.06 bits per heavy atom. The van der Waals surface area contributed by atoms with Crippen molar-refractivity contribution in [1.29, 1.82) is 0 Å². The van der Waals surface area contributed by atoms with E-state index >= 15 is 0 Å². The van der Waals surface area contributed by atoms with Crippen molar-refractivity contribution in [2.24, 2.45) is 5.73 Å². The first-order chi connectivity index (χ1) is 7.80. The second-order valence-electron chi connectivity index (χ2n) is 3.05. The summed E-state index contributed by atoms with van der Waals surface area (Å²) in [5, 5.41) is 3.05. The number of unbranched alkanes of at least 4 members (excludes halogenated alkanes) is 1. The minimum atomic E-state index is 0.230. The molecule has 0 aliphatic carbocycles. The first kappa shape index (κ1) is 12.4. The third kappa shape index (κ3) is 3.85. The molecule has 0 radical (unpaired) electrons. The molecule has 3 N–H and O–H groups in total. The predicted octanol–water partition coefficient (Wildman–Crippen LogP) is 0.0396. The van der Waals surface area contributed by atoms with E-state index in [0.717, 1.165) is 19.4 Å². The lowest BCUT2D eigenvalue weighted by Gasteiger charge is -2.06. The molecule has 0 saturated carbocycles. The van der Waals surface area contributed by atoms with Gasteiger partial charge in [0.25, 0.3) is 0 Å².